The van der Waals surface area contributed by atoms with Gasteiger partial charge >= 0.3 is 0 Å². The van der Waals surface area contributed by atoms with Crippen LogP contribution >= 0.6 is 11.6 Å². The summed E-state index contributed by atoms with van der Waals surface area (Å²) < 4.78 is 0. The smallest absolute Gasteiger partial charge is 0.0504 e. The summed E-state index contributed by atoms with van der Waals surface area (Å²) in [6.45, 7) is 6.52. The quantitative estimate of drug-likeness (QED) is 0.796. The van der Waals surface area contributed by atoms with Gasteiger partial charge in [0, 0.05) is 10.9 Å². The van der Waals surface area contributed by atoms with E-state index in [-0.39, 0.29) is 17.9 Å². The zero-order valence-electron chi connectivity index (χ0n) is 8.92. The monoisotopic (exact) mass is 212 g/mol. The molecule has 0 aliphatic heterocycles. The van der Waals surface area contributed by atoms with Crippen molar-refractivity contribution < 1.29 is 5.11 Å². The second-order valence-electron chi connectivity index (χ2n) is 4.66. The van der Waals surface area contributed by atoms with Gasteiger partial charge in [-0.25, -0.2) is 0 Å². The van der Waals surface area contributed by atoms with Gasteiger partial charge in [0.05, 0.1) is 6.61 Å². The lowest BCUT2D eigenvalue weighted by molar-refractivity contribution is 0.187. The summed E-state index contributed by atoms with van der Waals surface area (Å²) in [5.74, 6) is 0.140. The molecule has 14 heavy (non-hydrogen) atoms. The summed E-state index contributed by atoms with van der Waals surface area (Å²) in [6, 6.07) is 7.71. The molecule has 0 aromatic heterocycles. The molecule has 0 aliphatic carbocycles. The Kier molecular flexibility index (Phi) is 3.57. The fraction of sp³-hybridized carbons (Fsp3) is 0.500. The highest BCUT2D eigenvalue weighted by Gasteiger charge is 2.25. The molecule has 1 N–H and O–H groups in total. The Bertz CT molecular complexity index is 301. The summed E-state index contributed by atoms with van der Waals surface area (Å²) in [7, 11) is 0. The van der Waals surface area contributed by atoms with Crippen molar-refractivity contribution >= 4 is 11.6 Å². The highest BCUT2D eigenvalue weighted by Crippen LogP contribution is 2.35. The number of hydrogen-bond acceptors (Lipinski definition) is 1. The summed E-state index contributed by atoms with van der Waals surface area (Å²) in [4.78, 5) is 0. The van der Waals surface area contributed by atoms with Crippen LogP contribution in [0.15, 0.2) is 24.3 Å². The first-order valence-corrected chi connectivity index (χ1v) is 5.19. The van der Waals surface area contributed by atoms with Gasteiger partial charge in [-0.2, -0.15) is 0 Å². The van der Waals surface area contributed by atoms with Crippen LogP contribution in [0.4, 0.5) is 0 Å². The lowest BCUT2D eigenvalue weighted by Gasteiger charge is -2.29. The Balaban J connectivity index is 3.01. The minimum Gasteiger partial charge on any atom is -0.396 e. The van der Waals surface area contributed by atoms with E-state index in [1.54, 1.807) is 0 Å². The maximum absolute atomic E-state index is 9.36. The normalized spacial score (nSPS) is 14.1. The van der Waals surface area contributed by atoms with Gasteiger partial charge in [0.2, 0.25) is 0 Å². The summed E-state index contributed by atoms with van der Waals surface area (Å²) >= 11 is 5.91. The molecule has 0 bridgehead atoms. The van der Waals surface area contributed by atoms with Crippen molar-refractivity contribution in [3.05, 3.63) is 34.9 Å². The molecule has 1 aromatic rings. The molecule has 1 aromatic carbocycles. The highest BCUT2D eigenvalue weighted by molar-refractivity contribution is 6.30. The highest BCUT2D eigenvalue weighted by atomic mass is 35.5. The van der Waals surface area contributed by atoms with E-state index in [1.165, 1.54) is 0 Å². The Morgan fingerprint density at radius 2 is 2.00 bits per heavy atom. The molecule has 0 amide bonds. The van der Waals surface area contributed by atoms with Crippen molar-refractivity contribution in [2.75, 3.05) is 6.61 Å². The molecule has 1 nitrogen and oxygen atoms in total. The fourth-order valence-corrected chi connectivity index (χ4v) is 1.80. The lowest BCUT2D eigenvalue weighted by atomic mass is 9.77. The zero-order chi connectivity index (χ0) is 10.8. The van der Waals surface area contributed by atoms with Crippen molar-refractivity contribution in [3.8, 4) is 0 Å². The van der Waals surface area contributed by atoms with E-state index in [4.69, 9.17) is 11.6 Å². The molecule has 0 spiro atoms. The standard InChI is InChI=1S/C12H17ClO/c1-12(2,3)11(8-14)9-5-4-6-10(13)7-9/h4-7,11,14H,8H2,1-3H3/t11-/m1/s1. The molecule has 0 saturated heterocycles. The number of rotatable bonds is 2. The van der Waals surface area contributed by atoms with Crippen LogP contribution in [0.1, 0.15) is 32.3 Å². The molecular weight excluding hydrogens is 196 g/mol. The number of benzene rings is 1. The van der Waals surface area contributed by atoms with Crippen molar-refractivity contribution in [2.24, 2.45) is 5.41 Å². The molecule has 0 fully saturated rings. The molecular formula is C12H17ClO. The Morgan fingerprint density at radius 3 is 2.43 bits per heavy atom. The maximum Gasteiger partial charge on any atom is 0.0504 e. The van der Waals surface area contributed by atoms with Gasteiger partial charge in [0.1, 0.15) is 0 Å². The Labute approximate surface area is 90.7 Å². The predicted octanol–water partition coefficient (Wildman–Crippen LogP) is 3.46. The third-order valence-electron chi connectivity index (χ3n) is 2.48. The summed E-state index contributed by atoms with van der Waals surface area (Å²) in [6.07, 6.45) is 0. The molecule has 1 atom stereocenters. The molecule has 0 heterocycles. The second kappa shape index (κ2) is 4.33. The predicted molar refractivity (Wildman–Crippen MR) is 60.7 cm³/mol. The fourth-order valence-electron chi connectivity index (χ4n) is 1.60. The van der Waals surface area contributed by atoms with Crippen LogP contribution in [-0.4, -0.2) is 11.7 Å². The maximum atomic E-state index is 9.36. The van der Waals surface area contributed by atoms with Gasteiger partial charge in [-0.15, -0.1) is 0 Å². The van der Waals surface area contributed by atoms with Crippen LogP contribution in [0, 0.1) is 5.41 Å². The minimum atomic E-state index is 0.0550. The van der Waals surface area contributed by atoms with Crippen LogP contribution in [-0.2, 0) is 0 Å². The summed E-state index contributed by atoms with van der Waals surface area (Å²) in [5.41, 5.74) is 1.16. The van der Waals surface area contributed by atoms with Crippen molar-refractivity contribution in [2.45, 2.75) is 26.7 Å². The van der Waals surface area contributed by atoms with Gasteiger partial charge in [0.25, 0.3) is 0 Å². The third-order valence-corrected chi connectivity index (χ3v) is 2.71. The van der Waals surface area contributed by atoms with E-state index < -0.39 is 0 Å². The molecule has 78 valence electrons. The van der Waals surface area contributed by atoms with Crippen LogP contribution in [0.25, 0.3) is 0 Å². The zero-order valence-corrected chi connectivity index (χ0v) is 9.67. The molecule has 0 radical (unpaired) electrons. The van der Waals surface area contributed by atoms with Crippen molar-refractivity contribution in [3.63, 3.8) is 0 Å². The van der Waals surface area contributed by atoms with Gasteiger partial charge in [-0.3, -0.25) is 0 Å². The van der Waals surface area contributed by atoms with Crippen molar-refractivity contribution in [1.82, 2.24) is 0 Å². The van der Waals surface area contributed by atoms with E-state index in [1.807, 2.05) is 24.3 Å². The van der Waals surface area contributed by atoms with Crippen LogP contribution < -0.4 is 0 Å². The van der Waals surface area contributed by atoms with E-state index in [2.05, 4.69) is 20.8 Å². The number of aliphatic hydroxyl groups excluding tert-OH is 1. The van der Waals surface area contributed by atoms with E-state index in [9.17, 15) is 5.11 Å². The second-order valence-corrected chi connectivity index (χ2v) is 5.09. The van der Waals surface area contributed by atoms with E-state index in [0.29, 0.717) is 0 Å². The third kappa shape index (κ3) is 2.73. The first-order chi connectivity index (χ1) is 6.45. The Hall–Kier alpha value is -0.530. The first kappa shape index (κ1) is 11.5. The average molecular weight is 213 g/mol. The topological polar surface area (TPSA) is 20.2 Å². The number of aliphatic hydroxyl groups is 1. The minimum absolute atomic E-state index is 0.0550. The van der Waals surface area contributed by atoms with Gasteiger partial charge < -0.3 is 5.11 Å². The molecule has 1 rings (SSSR count). The molecule has 0 saturated carbocycles. The SMILES string of the molecule is CC(C)(C)[C@H](CO)c1cccc(Cl)c1. The largest absolute Gasteiger partial charge is 0.396 e. The number of hydrogen-bond donors (Lipinski definition) is 1. The van der Waals surface area contributed by atoms with Crippen LogP contribution in [0.5, 0.6) is 0 Å². The van der Waals surface area contributed by atoms with Crippen LogP contribution in [0.2, 0.25) is 5.02 Å². The molecule has 0 unspecified atom stereocenters. The Morgan fingerprint density at radius 1 is 1.36 bits per heavy atom. The van der Waals surface area contributed by atoms with Crippen LogP contribution in [0.3, 0.4) is 0 Å². The van der Waals surface area contributed by atoms with Gasteiger partial charge in [-0.05, 0) is 23.1 Å². The van der Waals surface area contributed by atoms with Gasteiger partial charge in [-0.1, -0.05) is 44.5 Å². The van der Waals surface area contributed by atoms with Crippen molar-refractivity contribution in [1.29, 1.82) is 0 Å². The van der Waals surface area contributed by atoms with E-state index >= 15 is 0 Å². The van der Waals surface area contributed by atoms with Gasteiger partial charge in [0.15, 0.2) is 0 Å². The molecule has 2 heteroatoms. The molecule has 0 aliphatic rings. The lowest BCUT2D eigenvalue weighted by Crippen LogP contribution is -2.21. The summed E-state index contributed by atoms with van der Waals surface area (Å²) in [5, 5.41) is 10.1. The first-order valence-electron chi connectivity index (χ1n) is 4.81. The number of halogens is 1. The van der Waals surface area contributed by atoms with E-state index in [0.717, 1.165) is 10.6 Å². The average Bonchev–Trinajstić information content (AvgIpc) is 2.02.